The molecule has 0 amide bonds. The molecule has 84 valence electrons. The van der Waals surface area contributed by atoms with Gasteiger partial charge in [0.05, 0.1) is 5.92 Å². The van der Waals surface area contributed by atoms with Gasteiger partial charge < -0.3 is 10.8 Å². The highest BCUT2D eigenvalue weighted by Crippen LogP contribution is 2.17. The van der Waals surface area contributed by atoms with Gasteiger partial charge >= 0.3 is 5.97 Å². The molecule has 1 rings (SSSR count). The second-order valence-corrected chi connectivity index (χ2v) is 4.44. The van der Waals surface area contributed by atoms with Gasteiger partial charge in [0, 0.05) is 0 Å². The van der Waals surface area contributed by atoms with Crippen molar-refractivity contribution in [2.75, 3.05) is 6.54 Å². The lowest BCUT2D eigenvalue weighted by molar-refractivity contribution is -0.142. The number of carboxylic acid groups (broad SMARTS) is 1. The molecule has 1 unspecified atom stereocenters. The van der Waals surface area contributed by atoms with Crippen LogP contribution in [0.1, 0.15) is 24.8 Å². The van der Waals surface area contributed by atoms with Crippen LogP contribution in [0.25, 0.3) is 0 Å². The number of aliphatic carboxylic acids is 1. The van der Waals surface area contributed by atoms with E-state index in [1.54, 1.807) is 11.3 Å². The number of unbranched alkanes of at least 4 members (excludes halogenated alkanes) is 1. The minimum absolute atomic E-state index is 0.258. The Bertz CT molecular complexity index is 285. The molecule has 0 aliphatic heterocycles. The van der Waals surface area contributed by atoms with E-state index >= 15 is 0 Å². The maximum atomic E-state index is 11.0. The van der Waals surface area contributed by atoms with E-state index in [1.807, 2.05) is 16.8 Å². The van der Waals surface area contributed by atoms with Crippen LogP contribution in [0.15, 0.2) is 16.8 Å². The Balaban J connectivity index is 2.40. The van der Waals surface area contributed by atoms with Crippen molar-refractivity contribution in [1.82, 2.24) is 0 Å². The predicted octanol–water partition coefficient (Wildman–Crippen LogP) is 2.12. The summed E-state index contributed by atoms with van der Waals surface area (Å²) in [5.74, 6) is -0.954. The third-order valence-electron chi connectivity index (χ3n) is 2.42. The van der Waals surface area contributed by atoms with E-state index in [0.717, 1.165) is 24.8 Å². The Labute approximate surface area is 93.9 Å². The van der Waals surface area contributed by atoms with E-state index in [4.69, 9.17) is 10.8 Å². The molecule has 3 N–H and O–H groups in total. The first-order chi connectivity index (χ1) is 7.24. The van der Waals surface area contributed by atoms with Gasteiger partial charge in [0.15, 0.2) is 0 Å². The molecular formula is C11H17NO2S. The summed E-state index contributed by atoms with van der Waals surface area (Å²) >= 11 is 1.61. The molecule has 0 saturated heterocycles. The number of rotatable bonds is 7. The largest absolute Gasteiger partial charge is 0.481 e. The van der Waals surface area contributed by atoms with Crippen molar-refractivity contribution in [3.8, 4) is 0 Å². The Kier molecular flexibility index (Phi) is 5.36. The molecular weight excluding hydrogens is 210 g/mol. The van der Waals surface area contributed by atoms with Gasteiger partial charge in [-0.3, -0.25) is 4.79 Å². The van der Waals surface area contributed by atoms with E-state index in [2.05, 4.69) is 0 Å². The molecule has 0 spiro atoms. The van der Waals surface area contributed by atoms with Crippen LogP contribution in [0, 0.1) is 5.92 Å². The molecule has 0 saturated carbocycles. The van der Waals surface area contributed by atoms with E-state index in [-0.39, 0.29) is 5.92 Å². The predicted molar refractivity (Wildman–Crippen MR) is 62.1 cm³/mol. The number of carbonyl (C=O) groups is 1. The lowest BCUT2D eigenvalue weighted by atomic mass is 9.95. The standard InChI is InChI=1S/C11H17NO2S/c12-5-2-1-3-10(11(13)14)7-9-4-6-15-8-9/h4,6,8,10H,1-3,5,7,12H2,(H,13,14). The first-order valence-electron chi connectivity index (χ1n) is 5.18. The molecule has 1 atom stereocenters. The van der Waals surface area contributed by atoms with Crippen molar-refractivity contribution in [2.24, 2.45) is 11.7 Å². The first kappa shape index (κ1) is 12.2. The van der Waals surface area contributed by atoms with Crippen LogP contribution in [-0.2, 0) is 11.2 Å². The maximum Gasteiger partial charge on any atom is 0.306 e. The van der Waals surface area contributed by atoms with E-state index in [1.165, 1.54) is 0 Å². The summed E-state index contributed by atoms with van der Waals surface area (Å²) in [7, 11) is 0. The smallest absolute Gasteiger partial charge is 0.306 e. The fraction of sp³-hybridized carbons (Fsp3) is 0.545. The first-order valence-corrected chi connectivity index (χ1v) is 6.12. The summed E-state index contributed by atoms with van der Waals surface area (Å²) < 4.78 is 0. The van der Waals surface area contributed by atoms with Crippen molar-refractivity contribution < 1.29 is 9.90 Å². The zero-order chi connectivity index (χ0) is 11.1. The Morgan fingerprint density at radius 1 is 1.53 bits per heavy atom. The topological polar surface area (TPSA) is 63.3 Å². The average molecular weight is 227 g/mol. The second kappa shape index (κ2) is 6.58. The molecule has 0 aromatic carbocycles. The van der Waals surface area contributed by atoms with Crippen LogP contribution in [-0.4, -0.2) is 17.6 Å². The lowest BCUT2D eigenvalue weighted by Crippen LogP contribution is -2.16. The molecule has 1 aromatic heterocycles. The number of thiophene rings is 1. The van der Waals surface area contributed by atoms with Gasteiger partial charge in [-0.2, -0.15) is 11.3 Å². The van der Waals surface area contributed by atoms with Crippen LogP contribution in [0.3, 0.4) is 0 Å². The van der Waals surface area contributed by atoms with Crippen molar-refractivity contribution >= 4 is 17.3 Å². The normalized spacial score (nSPS) is 12.6. The van der Waals surface area contributed by atoms with Crippen molar-refractivity contribution in [3.63, 3.8) is 0 Å². The third-order valence-corrected chi connectivity index (χ3v) is 3.15. The highest BCUT2D eigenvalue weighted by Gasteiger charge is 2.17. The van der Waals surface area contributed by atoms with Gasteiger partial charge in [0.1, 0.15) is 0 Å². The second-order valence-electron chi connectivity index (χ2n) is 3.66. The molecule has 15 heavy (non-hydrogen) atoms. The van der Waals surface area contributed by atoms with Crippen LogP contribution in [0.2, 0.25) is 0 Å². The molecule has 0 bridgehead atoms. The molecule has 0 radical (unpaired) electrons. The van der Waals surface area contributed by atoms with Crippen LogP contribution in [0.4, 0.5) is 0 Å². The zero-order valence-corrected chi connectivity index (χ0v) is 9.50. The zero-order valence-electron chi connectivity index (χ0n) is 8.69. The number of carboxylic acids is 1. The summed E-state index contributed by atoms with van der Waals surface area (Å²) in [5.41, 5.74) is 6.51. The van der Waals surface area contributed by atoms with Gasteiger partial charge in [-0.1, -0.05) is 6.42 Å². The van der Waals surface area contributed by atoms with Crippen LogP contribution >= 0.6 is 11.3 Å². The van der Waals surface area contributed by atoms with E-state index in [9.17, 15) is 4.79 Å². The minimum Gasteiger partial charge on any atom is -0.481 e. The monoisotopic (exact) mass is 227 g/mol. The lowest BCUT2D eigenvalue weighted by Gasteiger charge is -2.10. The molecule has 0 aliphatic carbocycles. The summed E-state index contributed by atoms with van der Waals surface area (Å²) in [6, 6.07) is 1.99. The Hall–Kier alpha value is -0.870. The molecule has 1 aromatic rings. The molecule has 3 nitrogen and oxygen atoms in total. The van der Waals surface area contributed by atoms with E-state index < -0.39 is 5.97 Å². The van der Waals surface area contributed by atoms with Gasteiger partial charge in [0.25, 0.3) is 0 Å². The minimum atomic E-state index is -0.696. The number of hydrogen-bond donors (Lipinski definition) is 2. The molecule has 0 aliphatic rings. The highest BCUT2D eigenvalue weighted by molar-refractivity contribution is 7.07. The average Bonchev–Trinajstić information content (AvgIpc) is 2.69. The third kappa shape index (κ3) is 4.44. The quantitative estimate of drug-likeness (QED) is 0.701. The van der Waals surface area contributed by atoms with Crippen molar-refractivity contribution in [3.05, 3.63) is 22.4 Å². The molecule has 0 fully saturated rings. The van der Waals surface area contributed by atoms with Crippen LogP contribution < -0.4 is 5.73 Å². The summed E-state index contributed by atoms with van der Waals surface area (Å²) in [5, 5.41) is 13.0. The summed E-state index contributed by atoms with van der Waals surface area (Å²) in [4.78, 5) is 11.0. The Morgan fingerprint density at radius 3 is 2.87 bits per heavy atom. The Morgan fingerprint density at radius 2 is 2.33 bits per heavy atom. The molecule has 4 heteroatoms. The van der Waals surface area contributed by atoms with Gasteiger partial charge in [-0.05, 0) is 48.2 Å². The summed E-state index contributed by atoms with van der Waals surface area (Å²) in [6.45, 7) is 0.644. The van der Waals surface area contributed by atoms with Crippen molar-refractivity contribution in [2.45, 2.75) is 25.7 Å². The number of hydrogen-bond acceptors (Lipinski definition) is 3. The highest BCUT2D eigenvalue weighted by atomic mass is 32.1. The van der Waals surface area contributed by atoms with Crippen molar-refractivity contribution in [1.29, 1.82) is 0 Å². The maximum absolute atomic E-state index is 11.0. The SMILES string of the molecule is NCCCCC(Cc1ccsc1)C(=O)O. The summed E-state index contributed by atoms with van der Waals surface area (Å²) in [6.07, 6.45) is 3.18. The fourth-order valence-electron chi connectivity index (χ4n) is 1.54. The fourth-order valence-corrected chi connectivity index (χ4v) is 2.22. The van der Waals surface area contributed by atoms with E-state index in [0.29, 0.717) is 13.0 Å². The van der Waals surface area contributed by atoms with Gasteiger partial charge in [0.2, 0.25) is 0 Å². The number of nitrogens with two attached hydrogens (primary N) is 1. The molecule has 1 heterocycles. The van der Waals surface area contributed by atoms with Gasteiger partial charge in [-0.15, -0.1) is 0 Å². The van der Waals surface area contributed by atoms with Gasteiger partial charge in [-0.25, -0.2) is 0 Å². The van der Waals surface area contributed by atoms with Crippen LogP contribution in [0.5, 0.6) is 0 Å².